The van der Waals surface area contributed by atoms with Crippen LogP contribution in [0.1, 0.15) is 5.56 Å². The molecule has 0 aliphatic heterocycles. The smallest absolute Gasteiger partial charge is 0.155 e. The fourth-order valence-electron chi connectivity index (χ4n) is 1.80. The van der Waals surface area contributed by atoms with Gasteiger partial charge in [-0.1, -0.05) is 28.1 Å². The van der Waals surface area contributed by atoms with Crippen LogP contribution in [-0.2, 0) is 6.54 Å². The minimum Gasteiger partial charge on any atom is -0.380 e. The lowest BCUT2D eigenvalue weighted by molar-refractivity contribution is 0.845. The predicted octanol–water partition coefficient (Wildman–Crippen LogP) is 3.04. The summed E-state index contributed by atoms with van der Waals surface area (Å²) in [4.78, 5) is 8.24. The summed E-state index contributed by atoms with van der Waals surface area (Å²) in [7, 11) is 0. The molecule has 100 valence electrons. The van der Waals surface area contributed by atoms with Crippen LogP contribution in [0.15, 0.2) is 59.7 Å². The average molecular weight is 330 g/mol. The van der Waals surface area contributed by atoms with Crippen molar-refractivity contribution in [3.8, 4) is 5.82 Å². The van der Waals surface area contributed by atoms with E-state index in [4.69, 9.17) is 0 Å². The summed E-state index contributed by atoms with van der Waals surface area (Å²) in [5.41, 5.74) is 2.17. The van der Waals surface area contributed by atoms with Crippen LogP contribution in [0.4, 0.5) is 5.69 Å². The first-order valence-electron chi connectivity index (χ1n) is 6.11. The van der Waals surface area contributed by atoms with Crippen LogP contribution in [0, 0.1) is 0 Å². The number of hydrogen-bond acceptors (Lipinski definition) is 4. The van der Waals surface area contributed by atoms with Crippen LogP contribution >= 0.6 is 15.9 Å². The van der Waals surface area contributed by atoms with E-state index in [0.717, 1.165) is 22.5 Å². The molecule has 6 heteroatoms. The Bertz CT molecular complexity index is 679. The summed E-state index contributed by atoms with van der Waals surface area (Å²) in [6.45, 7) is 0.754. The van der Waals surface area contributed by atoms with Gasteiger partial charge in [-0.05, 0) is 29.8 Å². The lowest BCUT2D eigenvalue weighted by atomic mass is 10.2. The van der Waals surface area contributed by atoms with E-state index >= 15 is 0 Å². The maximum atomic E-state index is 4.34. The van der Waals surface area contributed by atoms with Crippen molar-refractivity contribution < 1.29 is 0 Å². The van der Waals surface area contributed by atoms with Crippen molar-refractivity contribution in [1.82, 2.24) is 19.7 Å². The van der Waals surface area contributed by atoms with Crippen molar-refractivity contribution in [3.05, 3.63) is 65.3 Å². The molecule has 0 saturated carbocycles. The van der Waals surface area contributed by atoms with E-state index in [1.807, 2.05) is 24.3 Å². The monoisotopic (exact) mass is 329 g/mol. The van der Waals surface area contributed by atoms with E-state index in [2.05, 4.69) is 48.4 Å². The fraction of sp³-hybridized carbons (Fsp3) is 0.0714. The quantitative estimate of drug-likeness (QED) is 0.799. The molecular weight excluding hydrogens is 318 g/mol. The highest BCUT2D eigenvalue weighted by molar-refractivity contribution is 9.10. The number of rotatable bonds is 4. The molecule has 0 aliphatic carbocycles. The van der Waals surface area contributed by atoms with Crippen LogP contribution in [-0.4, -0.2) is 19.7 Å². The maximum Gasteiger partial charge on any atom is 0.155 e. The molecule has 0 spiro atoms. The standard InChI is InChI=1S/C14H12BrN5/c15-12-3-1-2-11(6-12)7-17-13-4-5-14(18-8-13)20-10-16-9-19-20/h1-6,8-10,17H,7H2. The maximum absolute atomic E-state index is 4.34. The van der Waals surface area contributed by atoms with Crippen LogP contribution in [0.2, 0.25) is 0 Å². The molecule has 0 bridgehead atoms. The van der Waals surface area contributed by atoms with Crippen LogP contribution in [0.25, 0.3) is 5.82 Å². The highest BCUT2D eigenvalue weighted by Gasteiger charge is 1.99. The van der Waals surface area contributed by atoms with Crippen LogP contribution < -0.4 is 5.32 Å². The molecule has 1 aromatic carbocycles. The minimum atomic E-state index is 0.746. The van der Waals surface area contributed by atoms with Crippen molar-refractivity contribution >= 4 is 21.6 Å². The van der Waals surface area contributed by atoms with E-state index in [9.17, 15) is 0 Å². The summed E-state index contributed by atoms with van der Waals surface area (Å²) in [6.07, 6.45) is 4.90. The van der Waals surface area contributed by atoms with E-state index in [-0.39, 0.29) is 0 Å². The summed E-state index contributed by atoms with van der Waals surface area (Å²) < 4.78 is 2.70. The van der Waals surface area contributed by atoms with Gasteiger partial charge in [0, 0.05) is 11.0 Å². The number of anilines is 1. The average Bonchev–Trinajstić information content (AvgIpc) is 3.00. The SMILES string of the molecule is Brc1cccc(CNc2ccc(-n3cncn3)nc2)c1. The summed E-state index contributed by atoms with van der Waals surface area (Å²) in [5.74, 6) is 0.746. The third kappa shape index (κ3) is 3.03. The van der Waals surface area contributed by atoms with Crippen LogP contribution in [0.3, 0.4) is 0 Å². The number of nitrogens with one attached hydrogen (secondary N) is 1. The summed E-state index contributed by atoms with van der Waals surface area (Å²) in [6, 6.07) is 12.1. The van der Waals surface area contributed by atoms with E-state index in [1.165, 1.54) is 11.9 Å². The van der Waals surface area contributed by atoms with Gasteiger partial charge < -0.3 is 5.32 Å². The molecule has 1 N–H and O–H groups in total. The van der Waals surface area contributed by atoms with Gasteiger partial charge in [0.25, 0.3) is 0 Å². The zero-order chi connectivity index (χ0) is 13.8. The lowest BCUT2D eigenvalue weighted by Gasteiger charge is -2.07. The first-order chi connectivity index (χ1) is 9.81. The molecule has 0 saturated heterocycles. The second-order valence-corrected chi connectivity index (χ2v) is 5.14. The van der Waals surface area contributed by atoms with Gasteiger partial charge in [-0.2, -0.15) is 5.10 Å². The number of halogens is 1. The van der Waals surface area contributed by atoms with Gasteiger partial charge in [0.05, 0.1) is 11.9 Å². The largest absolute Gasteiger partial charge is 0.380 e. The third-order valence-corrected chi connectivity index (χ3v) is 3.28. The van der Waals surface area contributed by atoms with Crippen molar-refractivity contribution in [2.45, 2.75) is 6.54 Å². The minimum absolute atomic E-state index is 0.746. The fourth-order valence-corrected chi connectivity index (χ4v) is 2.25. The molecule has 0 radical (unpaired) electrons. The predicted molar refractivity (Wildman–Crippen MR) is 80.6 cm³/mol. The van der Waals surface area contributed by atoms with Gasteiger partial charge >= 0.3 is 0 Å². The van der Waals surface area contributed by atoms with Gasteiger partial charge in [0.15, 0.2) is 5.82 Å². The third-order valence-electron chi connectivity index (χ3n) is 2.79. The van der Waals surface area contributed by atoms with Crippen molar-refractivity contribution in [2.75, 3.05) is 5.32 Å². The molecule has 2 heterocycles. The number of hydrogen-bond donors (Lipinski definition) is 1. The van der Waals surface area contributed by atoms with Crippen molar-refractivity contribution in [1.29, 1.82) is 0 Å². The number of benzene rings is 1. The van der Waals surface area contributed by atoms with Gasteiger partial charge in [-0.15, -0.1) is 0 Å². The topological polar surface area (TPSA) is 55.6 Å². The zero-order valence-corrected chi connectivity index (χ0v) is 12.2. The van der Waals surface area contributed by atoms with Gasteiger partial charge in [0.2, 0.25) is 0 Å². The molecule has 5 nitrogen and oxygen atoms in total. The van der Waals surface area contributed by atoms with Crippen molar-refractivity contribution in [2.24, 2.45) is 0 Å². The van der Waals surface area contributed by atoms with Gasteiger partial charge in [-0.25, -0.2) is 14.6 Å². The molecule has 0 fully saturated rings. The first-order valence-corrected chi connectivity index (χ1v) is 6.90. The second-order valence-electron chi connectivity index (χ2n) is 4.23. The van der Waals surface area contributed by atoms with Crippen molar-refractivity contribution in [3.63, 3.8) is 0 Å². The molecule has 0 aliphatic rings. The lowest BCUT2D eigenvalue weighted by Crippen LogP contribution is -2.02. The molecular formula is C14H12BrN5. The van der Waals surface area contributed by atoms with E-state index in [0.29, 0.717) is 0 Å². The molecule has 20 heavy (non-hydrogen) atoms. The number of pyridine rings is 1. The zero-order valence-electron chi connectivity index (χ0n) is 10.6. The van der Waals surface area contributed by atoms with E-state index < -0.39 is 0 Å². The molecule has 0 atom stereocenters. The number of nitrogens with zero attached hydrogens (tertiary/aromatic N) is 4. The highest BCUT2D eigenvalue weighted by Crippen LogP contribution is 2.14. The van der Waals surface area contributed by atoms with Gasteiger partial charge in [0.1, 0.15) is 12.7 Å². The summed E-state index contributed by atoms with van der Waals surface area (Å²) in [5, 5.41) is 7.37. The molecule has 2 aromatic heterocycles. The molecule has 3 aromatic rings. The normalized spacial score (nSPS) is 10.4. The Morgan fingerprint density at radius 2 is 2.15 bits per heavy atom. The molecule has 0 unspecified atom stereocenters. The Kier molecular flexibility index (Phi) is 3.73. The Morgan fingerprint density at radius 3 is 2.85 bits per heavy atom. The van der Waals surface area contributed by atoms with Gasteiger partial charge in [-0.3, -0.25) is 0 Å². The Labute approximate surface area is 124 Å². The summed E-state index contributed by atoms with van der Waals surface area (Å²) >= 11 is 3.46. The Balaban J connectivity index is 1.67. The van der Waals surface area contributed by atoms with Crippen LogP contribution in [0.5, 0.6) is 0 Å². The Hall–Kier alpha value is -2.21. The van der Waals surface area contributed by atoms with E-state index in [1.54, 1.807) is 17.2 Å². The molecule has 0 amide bonds. The second kappa shape index (κ2) is 5.83. The Morgan fingerprint density at radius 1 is 1.20 bits per heavy atom. The highest BCUT2D eigenvalue weighted by atomic mass is 79.9. The number of aromatic nitrogens is 4. The molecule has 3 rings (SSSR count). The first kappa shape index (κ1) is 12.8.